The van der Waals surface area contributed by atoms with Gasteiger partial charge in [0.2, 0.25) is 0 Å². The molecule has 0 N–H and O–H groups in total. The highest BCUT2D eigenvalue weighted by molar-refractivity contribution is 6.31. The number of likely N-dealkylation sites (tertiary alicyclic amines) is 1. The van der Waals surface area contributed by atoms with Crippen molar-refractivity contribution in [2.45, 2.75) is 25.2 Å². The Morgan fingerprint density at radius 3 is 2.89 bits per heavy atom. The molecule has 1 fully saturated rings. The summed E-state index contributed by atoms with van der Waals surface area (Å²) in [4.78, 5) is 21.9. The average molecular weight is 410 g/mol. The molecular weight excluding hydrogens is 395 g/mol. The maximum atomic E-state index is 14.5. The number of halogens is 4. The molecule has 4 rings (SSSR count). The van der Waals surface area contributed by atoms with E-state index in [0.29, 0.717) is 17.2 Å². The number of alkyl halides is 2. The van der Waals surface area contributed by atoms with Gasteiger partial charge in [-0.25, -0.2) is 22.7 Å². The summed E-state index contributed by atoms with van der Waals surface area (Å²) < 4.78 is 44.5. The van der Waals surface area contributed by atoms with Crippen molar-refractivity contribution in [1.82, 2.24) is 24.5 Å². The van der Waals surface area contributed by atoms with Crippen LogP contribution in [0.15, 0.2) is 30.6 Å². The summed E-state index contributed by atoms with van der Waals surface area (Å²) in [5.74, 6) is -5.20. The normalized spacial score (nSPS) is 19.2. The maximum absolute atomic E-state index is 14.5. The van der Waals surface area contributed by atoms with Gasteiger partial charge in [-0.2, -0.15) is 10.1 Å². The zero-order chi connectivity index (χ0) is 20.1. The van der Waals surface area contributed by atoms with Crippen molar-refractivity contribution in [3.63, 3.8) is 0 Å². The SMILES string of the molecule is Cc1cc(C2CN(C(=O)c3cc(Cl)ccc3F)CC(F)(F)C2)n2ncnc2n1. The van der Waals surface area contributed by atoms with Crippen molar-refractivity contribution in [1.29, 1.82) is 0 Å². The Hall–Kier alpha value is -2.68. The smallest absolute Gasteiger partial charge is 0.266 e. The number of benzene rings is 1. The molecule has 1 aliphatic heterocycles. The Balaban J connectivity index is 1.72. The van der Waals surface area contributed by atoms with Gasteiger partial charge in [-0.05, 0) is 31.2 Å². The van der Waals surface area contributed by atoms with Gasteiger partial charge in [-0.3, -0.25) is 4.79 Å². The monoisotopic (exact) mass is 409 g/mol. The third-order valence-corrected chi connectivity index (χ3v) is 4.91. The van der Waals surface area contributed by atoms with E-state index in [1.54, 1.807) is 13.0 Å². The lowest BCUT2D eigenvalue weighted by Crippen LogP contribution is -2.49. The summed E-state index contributed by atoms with van der Waals surface area (Å²) >= 11 is 5.84. The molecule has 0 radical (unpaired) electrons. The van der Waals surface area contributed by atoms with E-state index in [9.17, 15) is 18.0 Å². The van der Waals surface area contributed by atoms with Crippen LogP contribution in [0.4, 0.5) is 13.2 Å². The first-order valence-corrected chi connectivity index (χ1v) is 8.91. The molecule has 2 aromatic heterocycles. The Morgan fingerprint density at radius 2 is 2.11 bits per heavy atom. The third kappa shape index (κ3) is 3.42. The summed E-state index contributed by atoms with van der Waals surface area (Å²) in [6, 6.07) is 5.13. The number of carbonyl (C=O) groups excluding carboxylic acids is 1. The number of hydrogen-bond donors (Lipinski definition) is 0. The molecule has 1 aromatic carbocycles. The summed E-state index contributed by atoms with van der Waals surface area (Å²) in [6.07, 6.45) is 0.823. The largest absolute Gasteiger partial charge is 0.332 e. The van der Waals surface area contributed by atoms with Crippen molar-refractivity contribution in [2.75, 3.05) is 13.1 Å². The van der Waals surface area contributed by atoms with E-state index in [1.807, 2.05) is 0 Å². The van der Waals surface area contributed by atoms with E-state index < -0.39 is 36.5 Å². The van der Waals surface area contributed by atoms with E-state index in [0.717, 1.165) is 17.0 Å². The molecule has 146 valence electrons. The molecule has 28 heavy (non-hydrogen) atoms. The second-order valence-corrected chi connectivity index (χ2v) is 7.30. The maximum Gasteiger partial charge on any atom is 0.266 e. The number of hydrogen-bond acceptors (Lipinski definition) is 4. The molecule has 10 heteroatoms. The number of carbonyl (C=O) groups is 1. The lowest BCUT2D eigenvalue weighted by atomic mass is 9.91. The van der Waals surface area contributed by atoms with E-state index in [2.05, 4.69) is 15.1 Å². The fourth-order valence-electron chi connectivity index (χ4n) is 3.53. The van der Waals surface area contributed by atoms with Crippen LogP contribution in [0, 0.1) is 12.7 Å². The van der Waals surface area contributed by atoms with Gasteiger partial charge in [-0.15, -0.1) is 0 Å². The molecule has 0 aliphatic carbocycles. The van der Waals surface area contributed by atoms with Crippen LogP contribution in [0.5, 0.6) is 0 Å². The second-order valence-electron chi connectivity index (χ2n) is 6.86. The van der Waals surface area contributed by atoms with Crippen LogP contribution in [0.2, 0.25) is 5.02 Å². The number of rotatable bonds is 2. The van der Waals surface area contributed by atoms with Gasteiger partial charge in [0.1, 0.15) is 12.1 Å². The van der Waals surface area contributed by atoms with Crippen LogP contribution >= 0.6 is 11.6 Å². The molecule has 3 aromatic rings. The lowest BCUT2D eigenvalue weighted by Gasteiger charge is -2.37. The van der Waals surface area contributed by atoms with Crippen molar-refractivity contribution in [3.05, 3.63) is 58.4 Å². The summed E-state index contributed by atoms with van der Waals surface area (Å²) in [5.41, 5.74) is 0.743. The molecule has 1 aliphatic rings. The van der Waals surface area contributed by atoms with E-state index >= 15 is 0 Å². The van der Waals surface area contributed by atoms with Crippen molar-refractivity contribution >= 4 is 23.3 Å². The predicted molar refractivity (Wildman–Crippen MR) is 95.1 cm³/mol. The molecule has 1 saturated heterocycles. The van der Waals surface area contributed by atoms with Crippen LogP contribution in [0.25, 0.3) is 5.78 Å². The van der Waals surface area contributed by atoms with E-state index in [4.69, 9.17) is 11.6 Å². The van der Waals surface area contributed by atoms with Gasteiger partial charge < -0.3 is 4.90 Å². The molecular formula is C18H15ClF3N5O. The second kappa shape index (κ2) is 6.73. The summed E-state index contributed by atoms with van der Waals surface area (Å²) in [6.45, 7) is 0.918. The summed E-state index contributed by atoms with van der Waals surface area (Å²) in [5, 5.41) is 4.21. The standard InChI is InChI=1S/C18H15ClF3N5O/c1-10-4-15(27-17(25-10)23-9-24-27)11-6-18(21,22)8-26(7-11)16(28)13-5-12(19)2-3-14(13)20/h2-5,9,11H,6-8H2,1H3. The van der Waals surface area contributed by atoms with Gasteiger partial charge in [0.15, 0.2) is 0 Å². The molecule has 1 unspecified atom stereocenters. The Labute approximate surface area is 163 Å². The van der Waals surface area contributed by atoms with Gasteiger partial charge >= 0.3 is 0 Å². The summed E-state index contributed by atoms with van der Waals surface area (Å²) in [7, 11) is 0. The van der Waals surface area contributed by atoms with Gasteiger partial charge in [0.05, 0.1) is 17.8 Å². The topological polar surface area (TPSA) is 63.4 Å². The zero-order valence-corrected chi connectivity index (χ0v) is 15.5. The van der Waals surface area contributed by atoms with Crippen molar-refractivity contribution < 1.29 is 18.0 Å². The molecule has 1 amide bonds. The highest BCUT2D eigenvalue weighted by Gasteiger charge is 2.44. The quantitative estimate of drug-likeness (QED) is 0.650. The number of aryl methyl sites for hydroxylation is 1. The number of fused-ring (bicyclic) bond motifs is 1. The van der Waals surface area contributed by atoms with Crippen molar-refractivity contribution in [2.24, 2.45) is 0 Å². The minimum Gasteiger partial charge on any atom is -0.332 e. The van der Waals surface area contributed by atoms with Crippen LogP contribution in [0.3, 0.4) is 0 Å². The van der Waals surface area contributed by atoms with Crippen LogP contribution in [-0.4, -0.2) is 49.4 Å². The Morgan fingerprint density at radius 1 is 1.32 bits per heavy atom. The van der Waals surface area contributed by atoms with Crippen LogP contribution in [-0.2, 0) is 0 Å². The minimum atomic E-state index is -3.14. The fourth-order valence-corrected chi connectivity index (χ4v) is 3.71. The first-order valence-electron chi connectivity index (χ1n) is 8.53. The lowest BCUT2D eigenvalue weighted by molar-refractivity contribution is -0.0641. The number of nitrogens with zero attached hydrogens (tertiary/aromatic N) is 5. The first kappa shape index (κ1) is 18.7. The van der Waals surface area contributed by atoms with Gasteiger partial charge in [-0.1, -0.05) is 11.6 Å². The average Bonchev–Trinajstić information content (AvgIpc) is 3.09. The molecule has 1 atom stereocenters. The number of amides is 1. The molecule has 3 heterocycles. The van der Waals surface area contributed by atoms with Crippen LogP contribution < -0.4 is 0 Å². The highest BCUT2D eigenvalue weighted by atomic mass is 35.5. The van der Waals surface area contributed by atoms with Crippen LogP contribution in [0.1, 0.15) is 34.1 Å². The Bertz CT molecular complexity index is 1070. The molecule has 0 bridgehead atoms. The first-order chi connectivity index (χ1) is 13.2. The van der Waals surface area contributed by atoms with E-state index in [-0.39, 0.29) is 17.1 Å². The molecule has 0 spiro atoms. The highest BCUT2D eigenvalue weighted by Crippen LogP contribution is 2.37. The third-order valence-electron chi connectivity index (χ3n) is 4.68. The van der Waals surface area contributed by atoms with Crippen molar-refractivity contribution in [3.8, 4) is 0 Å². The zero-order valence-electron chi connectivity index (χ0n) is 14.7. The predicted octanol–water partition coefficient (Wildman–Crippen LogP) is 3.49. The number of aromatic nitrogens is 4. The van der Waals surface area contributed by atoms with Gasteiger partial charge in [0, 0.05) is 29.6 Å². The fraction of sp³-hybridized carbons (Fsp3) is 0.333. The van der Waals surface area contributed by atoms with E-state index in [1.165, 1.54) is 16.9 Å². The van der Waals surface area contributed by atoms with Gasteiger partial charge in [0.25, 0.3) is 17.6 Å². The number of piperidine rings is 1. The molecule has 6 nitrogen and oxygen atoms in total. The Kier molecular flexibility index (Phi) is 4.49. The minimum absolute atomic E-state index is 0.0151. The molecule has 0 saturated carbocycles.